The molecule has 1 saturated heterocycles. The van der Waals surface area contributed by atoms with Crippen LogP contribution in [0.15, 0.2) is 0 Å². The van der Waals surface area contributed by atoms with Gasteiger partial charge in [-0.3, -0.25) is 0 Å². The quantitative estimate of drug-likeness (QED) is 0.608. The van der Waals surface area contributed by atoms with Gasteiger partial charge in [0, 0.05) is 6.61 Å². The molecule has 0 atom stereocenters. The maximum Gasteiger partial charge on any atom is 0.0623 e. The fraction of sp³-hybridized carbons (Fsp3) is 1.00. The molecule has 0 unspecified atom stereocenters. The summed E-state index contributed by atoms with van der Waals surface area (Å²) < 4.78 is 5.82. The van der Waals surface area contributed by atoms with E-state index >= 15 is 0 Å². The maximum absolute atomic E-state index is 5.82. The Morgan fingerprint density at radius 2 is 1.78 bits per heavy atom. The SMILES string of the molecule is CCC(C)(C)OCCCNCCCN1CCCC1. The van der Waals surface area contributed by atoms with E-state index in [1.165, 1.54) is 38.9 Å². The van der Waals surface area contributed by atoms with Gasteiger partial charge in [-0.05, 0) is 78.7 Å². The minimum absolute atomic E-state index is 0.0513. The van der Waals surface area contributed by atoms with Crippen LogP contribution < -0.4 is 5.32 Å². The number of likely N-dealkylation sites (tertiary alicyclic amines) is 1. The average Bonchev–Trinajstić information content (AvgIpc) is 2.85. The summed E-state index contributed by atoms with van der Waals surface area (Å²) in [6.45, 7) is 13.5. The van der Waals surface area contributed by atoms with Crippen molar-refractivity contribution in [2.75, 3.05) is 39.3 Å². The molecule has 3 heteroatoms. The number of ether oxygens (including phenoxy) is 1. The Morgan fingerprint density at radius 3 is 2.44 bits per heavy atom. The molecule has 0 aromatic rings. The van der Waals surface area contributed by atoms with Gasteiger partial charge in [-0.15, -0.1) is 0 Å². The third kappa shape index (κ3) is 7.34. The zero-order valence-corrected chi connectivity index (χ0v) is 12.6. The molecule has 0 spiro atoms. The Morgan fingerprint density at radius 1 is 1.11 bits per heavy atom. The van der Waals surface area contributed by atoms with Crippen molar-refractivity contribution in [2.24, 2.45) is 0 Å². The second-order valence-electron chi connectivity index (χ2n) is 5.97. The van der Waals surface area contributed by atoms with Gasteiger partial charge in [0.05, 0.1) is 5.60 Å². The highest BCUT2D eigenvalue weighted by atomic mass is 16.5. The van der Waals surface area contributed by atoms with Crippen molar-refractivity contribution in [2.45, 2.75) is 58.5 Å². The summed E-state index contributed by atoms with van der Waals surface area (Å²) in [4.78, 5) is 2.58. The molecule has 1 aliphatic heterocycles. The van der Waals surface area contributed by atoms with Crippen molar-refractivity contribution in [1.82, 2.24) is 10.2 Å². The number of nitrogens with zero attached hydrogens (tertiary/aromatic N) is 1. The summed E-state index contributed by atoms with van der Waals surface area (Å²) in [5, 5.41) is 3.51. The topological polar surface area (TPSA) is 24.5 Å². The maximum atomic E-state index is 5.82. The summed E-state index contributed by atoms with van der Waals surface area (Å²) in [6.07, 6.45) is 6.28. The molecule has 0 radical (unpaired) electrons. The summed E-state index contributed by atoms with van der Waals surface area (Å²) in [5.74, 6) is 0. The molecule has 1 N–H and O–H groups in total. The largest absolute Gasteiger partial charge is 0.376 e. The molecule has 0 bridgehead atoms. The Bertz CT molecular complexity index is 201. The van der Waals surface area contributed by atoms with Crippen molar-refractivity contribution < 1.29 is 4.74 Å². The lowest BCUT2D eigenvalue weighted by atomic mass is 10.1. The van der Waals surface area contributed by atoms with Crippen LogP contribution in [-0.4, -0.2) is 49.8 Å². The molecule has 18 heavy (non-hydrogen) atoms. The van der Waals surface area contributed by atoms with E-state index in [2.05, 4.69) is 31.0 Å². The fourth-order valence-electron chi connectivity index (χ4n) is 2.21. The number of hydrogen-bond donors (Lipinski definition) is 1. The average molecular weight is 256 g/mol. The van der Waals surface area contributed by atoms with Gasteiger partial charge in [0.25, 0.3) is 0 Å². The third-order valence-corrected chi connectivity index (χ3v) is 3.87. The molecular formula is C15H32N2O. The van der Waals surface area contributed by atoms with Crippen molar-refractivity contribution >= 4 is 0 Å². The molecule has 0 aliphatic carbocycles. The van der Waals surface area contributed by atoms with Crippen molar-refractivity contribution in [3.05, 3.63) is 0 Å². The first-order chi connectivity index (χ1) is 8.64. The first-order valence-corrected chi connectivity index (χ1v) is 7.71. The van der Waals surface area contributed by atoms with E-state index in [4.69, 9.17) is 4.74 Å². The summed E-state index contributed by atoms with van der Waals surface area (Å²) in [6, 6.07) is 0. The van der Waals surface area contributed by atoms with Crippen molar-refractivity contribution in [3.8, 4) is 0 Å². The van der Waals surface area contributed by atoms with E-state index in [0.717, 1.165) is 32.5 Å². The standard InChI is InChI=1S/C15H32N2O/c1-4-15(2,3)18-14-8-10-16-9-7-13-17-11-5-6-12-17/h16H,4-14H2,1-3H3. The summed E-state index contributed by atoms with van der Waals surface area (Å²) in [5.41, 5.74) is 0.0513. The minimum Gasteiger partial charge on any atom is -0.376 e. The van der Waals surface area contributed by atoms with Crippen LogP contribution in [0.4, 0.5) is 0 Å². The van der Waals surface area contributed by atoms with Crippen LogP contribution in [0.1, 0.15) is 52.9 Å². The Hall–Kier alpha value is -0.120. The Balaban J connectivity index is 1.81. The normalized spacial score (nSPS) is 17.5. The highest BCUT2D eigenvalue weighted by molar-refractivity contribution is 4.67. The van der Waals surface area contributed by atoms with Crippen LogP contribution in [0.5, 0.6) is 0 Å². The predicted molar refractivity (Wildman–Crippen MR) is 78.1 cm³/mol. The van der Waals surface area contributed by atoms with Gasteiger partial charge in [0.2, 0.25) is 0 Å². The van der Waals surface area contributed by atoms with Gasteiger partial charge in [0.15, 0.2) is 0 Å². The molecule has 0 amide bonds. The van der Waals surface area contributed by atoms with Crippen LogP contribution in [-0.2, 0) is 4.74 Å². The zero-order chi connectivity index (χ0) is 13.3. The molecule has 1 rings (SSSR count). The molecule has 0 saturated carbocycles. The number of hydrogen-bond acceptors (Lipinski definition) is 3. The fourth-order valence-corrected chi connectivity index (χ4v) is 2.21. The predicted octanol–water partition coefficient (Wildman–Crippen LogP) is 2.66. The first-order valence-electron chi connectivity index (χ1n) is 7.71. The van der Waals surface area contributed by atoms with E-state index < -0.39 is 0 Å². The highest BCUT2D eigenvalue weighted by Crippen LogP contribution is 2.13. The molecule has 1 fully saturated rings. The zero-order valence-electron chi connectivity index (χ0n) is 12.6. The lowest BCUT2D eigenvalue weighted by molar-refractivity contribution is -0.0207. The lowest BCUT2D eigenvalue weighted by Crippen LogP contribution is -2.27. The van der Waals surface area contributed by atoms with Gasteiger partial charge in [-0.25, -0.2) is 0 Å². The van der Waals surface area contributed by atoms with Gasteiger partial charge in [-0.1, -0.05) is 6.92 Å². The van der Waals surface area contributed by atoms with E-state index in [1.807, 2.05) is 0 Å². The van der Waals surface area contributed by atoms with Gasteiger partial charge in [0.1, 0.15) is 0 Å². The summed E-state index contributed by atoms with van der Waals surface area (Å²) >= 11 is 0. The monoisotopic (exact) mass is 256 g/mol. The number of nitrogens with one attached hydrogen (secondary N) is 1. The number of rotatable bonds is 10. The van der Waals surface area contributed by atoms with E-state index in [0.29, 0.717) is 0 Å². The molecule has 0 aromatic heterocycles. The Labute approximate surface area is 113 Å². The second kappa shape index (κ2) is 8.89. The molecule has 0 aromatic carbocycles. The smallest absolute Gasteiger partial charge is 0.0623 e. The lowest BCUT2D eigenvalue weighted by Gasteiger charge is -2.23. The minimum atomic E-state index is 0.0513. The molecule has 1 aliphatic rings. The first kappa shape index (κ1) is 15.9. The molecule has 108 valence electrons. The highest BCUT2D eigenvalue weighted by Gasteiger charge is 2.14. The third-order valence-electron chi connectivity index (χ3n) is 3.87. The van der Waals surface area contributed by atoms with Crippen LogP contribution in [0, 0.1) is 0 Å². The molecule has 1 heterocycles. The molecule has 3 nitrogen and oxygen atoms in total. The van der Waals surface area contributed by atoms with Crippen LogP contribution in [0.3, 0.4) is 0 Å². The van der Waals surface area contributed by atoms with E-state index in [-0.39, 0.29) is 5.60 Å². The summed E-state index contributed by atoms with van der Waals surface area (Å²) in [7, 11) is 0. The second-order valence-corrected chi connectivity index (χ2v) is 5.97. The van der Waals surface area contributed by atoms with E-state index in [9.17, 15) is 0 Å². The van der Waals surface area contributed by atoms with Crippen LogP contribution in [0.25, 0.3) is 0 Å². The van der Waals surface area contributed by atoms with E-state index in [1.54, 1.807) is 0 Å². The van der Waals surface area contributed by atoms with Crippen molar-refractivity contribution in [1.29, 1.82) is 0 Å². The molecular weight excluding hydrogens is 224 g/mol. The van der Waals surface area contributed by atoms with Gasteiger partial charge < -0.3 is 15.0 Å². The van der Waals surface area contributed by atoms with Gasteiger partial charge in [-0.2, -0.15) is 0 Å². The van der Waals surface area contributed by atoms with Gasteiger partial charge >= 0.3 is 0 Å². The van der Waals surface area contributed by atoms with Crippen LogP contribution in [0.2, 0.25) is 0 Å². The Kier molecular flexibility index (Phi) is 7.87. The van der Waals surface area contributed by atoms with Crippen LogP contribution >= 0.6 is 0 Å². The van der Waals surface area contributed by atoms with Crippen molar-refractivity contribution in [3.63, 3.8) is 0 Å².